The van der Waals surface area contributed by atoms with Crippen molar-refractivity contribution in [1.82, 2.24) is 4.90 Å². The van der Waals surface area contributed by atoms with Gasteiger partial charge in [-0.1, -0.05) is 25.3 Å². The molecule has 0 saturated heterocycles. The highest BCUT2D eigenvalue weighted by molar-refractivity contribution is 5.96. The lowest BCUT2D eigenvalue weighted by Gasteiger charge is -2.34. The molecular weight excluding hydrogens is 269 g/mol. The first kappa shape index (κ1) is 15.9. The van der Waals surface area contributed by atoms with Gasteiger partial charge in [0.2, 0.25) is 0 Å². The van der Waals surface area contributed by atoms with E-state index >= 15 is 0 Å². The molecule has 116 valence electrons. The largest absolute Gasteiger partial charge is 0.395 e. The van der Waals surface area contributed by atoms with Gasteiger partial charge in [0.15, 0.2) is 0 Å². The number of aliphatic hydroxyl groups is 1. The molecule has 0 unspecified atom stereocenters. The number of nitrogens with zero attached hydrogens (tertiary/aromatic N) is 1. The van der Waals surface area contributed by atoms with E-state index in [9.17, 15) is 9.50 Å². The van der Waals surface area contributed by atoms with Crippen LogP contribution in [0.1, 0.15) is 43.2 Å². The molecule has 2 rings (SSSR count). The van der Waals surface area contributed by atoms with E-state index < -0.39 is 0 Å². The van der Waals surface area contributed by atoms with E-state index in [4.69, 9.17) is 11.1 Å². The van der Waals surface area contributed by atoms with Crippen molar-refractivity contribution in [1.29, 1.82) is 5.41 Å². The second-order valence-electron chi connectivity index (χ2n) is 5.70. The Balaban J connectivity index is 2.17. The Morgan fingerprint density at radius 1 is 1.33 bits per heavy atom. The molecule has 0 spiro atoms. The van der Waals surface area contributed by atoms with Crippen LogP contribution < -0.4 is 5.73 Å². The van der Waals surface area contributed by atoms with Crippen LogP contribution in [0.3, 0.4) is 0 Å². The van der Waals surface area contributed by atoms with Crippen LogP contribution in [0.4, 0.5) is 4.39 Å². The number of hydrogen-bond acceptors (Lipinski definition) is 3. The Morgan fingerprint density at radius 3 is 2.67 bits per heavy atom. The van der Waals surface area contributed by atoms with Crippen LogP contribution >= 0.6 is 0 Å². The Morgan fingerprint density at radius 2 is 2.05 bits per heavy atom. The van der Waals surface area contributed by atoms with Gasteiger partial charge in [0.1, 0.15) is 11.7 Å². The summed E-state index contributed by atoms with van der Waals surface area (Å²) >= 11 is 0. The first-order chi connectivity index (χ1) is 10.1. The molecule has 1 aromatic rings. The van der Waals surface area contributed by atoms with Crippen LogP contribution in [0.5, 0.6) is 0 Å². The smallest absolute Gasteiger partial charge is 0.123 e. The van der Waals surface area contributed by atoms with E-state index in [0.717, 1.165) is 18.4 Å². The van der Waals surface area contributed by atoms with Crippen molar-refractivity contribution in [3.63, 3.8) is 0 Å². The van der Waals surface area contributed by atoms with Gasteiger partial charge in [-0.15, -0.1) is 0 Å². The number of nitrogens with one attached hydrogen (secondary N) is 1. The highest BCUT2D eigenvalue weighted by atomic mass is 19.1. The Hall–Kier alpha value is -1.46. The third kappa shape index (κ3) is 4.25. The summed E-state index contributed by atoms with van der Waals surface area (Å²) in [5.41, 5.74) is 6.86. The lowest BCUT2D eigenvalue weighted by molar-refractivity contribution is 0.117. The Labute approximate surface area is 125 Å². The topological polar surface area (TPSA) is 73.3 Å². The number of nitrogens with two attached hydrogens (primary N) is 1. The zero-order valence-electron chi connectivity index (χ0n) is 12.3. The molecule has 1 aliphatic carbocycles. The molecule has 4 nitrogen and oxygen atoms in total. The van der Waals surface area contributed by atoms with Crippen molar-refractivity contribution < 1.29 is 9.50 Å². The molecule has 1 saturated carbocycles. The molecule has 0 atom stereocenters. The van der Waals surface area contributed by atoms with Gasteiger partial charge in [-0.3, -0.25) is 10.3 Å². The van der Waals surface area contributed by atoms with Crippen LogP contribution in [0.15, 0.2) is 18.2 Å². The van der Waals surface area contributed by atoms with Crippen molar-refractivity contribution in [2.75, 3.05) is 13.2 Å². The molecule has 1 aromatic carbocycles. The van der Waals surface area contributed by atoms with Crippen molar-refractivity contribution >= 4 is 5.84 Å². The molecule has 21 heavy (non-hydrogen) atoms. The Kier molecular flexibility index (Phi) is 5.70. The summed E-state index contributed by atoms with van der Waals surface area (Å²) in [4.78, 5) is 2.23. The van der Waals surface area contributed by atoms with E-state index in [0.29, 0.717) is 24.7 Å². The van der Waals surface area contributed by atoms with E-state index in [1.54, 1.807) is 6.07 Å². The van der Waals surface area contributed by atoms with Gasteiger partial charge in [0.05, 0.1) is 6.61 Å². The van der Waals surface area contributed by atoms with Gasteiger partial charge in [-0.2, -0.15) is 0 Å². The van der Waals surface area contributed by atoms with Crippen molar-refractivity contribution in [3.8, 4) is 0 Å². The summed E-state index contributed by atoms with van der Waals surface area (Å²) in [5.74, 6) is -0.493. The minimum absolute atomic E-state index is 0.104. The molecule has 1 fully saturated rings. The number of aliphatic hydroxyl groups excluding tert-OH is 1. The molecule has 4 N–H and O–H groups in total. The molecule has 0 aromatic heterocycles. The average molecular weight is 293 g/mol. The van der Waals surface area contributed by atoms with E-state index in [1.165, 1.54) is 31.4 Å². The molecule has 0 aliphatic heterocycles. The predicted octanol–water partition coefficient (Wildman–Crippen LogP) is 2.24. The second-order valence-corrected chi connectivity index (χ2v) is 5.70. The zero-order chi connectivity index (χ0) is 15.2. The summed E-state index contributed by atoms with van der Waals surface area (Å²) in [6.45, 7) is 1.30. The Bertz CT molecular complexity index is 486. The highest BCUT2D eigenvalue weighted by Gasteiger charge is 2.22. The molecular formula is C16H24FN3O. The SMILES string of the molecule is N=C(N)c1cc(F)ccc1CN(CCO)C1CCCCC1. The van der Waals surface area contributed by atoms with Crippen LogP contribution in [0.25, 0.3) is 0 Å². The number of halogens is 1. The summed E-state index contributed by atoms with van der Waals surface area (Å²) in [5, 5.41) is 16.9. The third-order valence-corrected chi connectivity index (χ3v) is 4.21. The van der Waals surface area contributed by atoms with Crippen molar-refractivity contribution in [3.05, 3.63) is 35.1 Å². The van der Waals surface area contributed by atoms with Crippen LogP contribution in [0.2, 0.25) is 0 Å². The van der Waals surface area contributed by atoms with Gasteiger partial charge in [-0.25, -0.2) is 4.39 Å². The maximum absolute atomic E-state index is 13.3. The molecule has 0 heterocycles. The zero-order valence-corrected chi connectivity index (χ0v) is 12.3. The second kappa shape index (κ2) is 7.52. The maximum atomic E-state index is 13.3. The van der Waals surface area contributed by atoms with Crippen molar-refractivity contribution in [2.24, 2.45) is 5.73 Å². The monoisotopic (exact) mass is 293 g/mol. The molecule has 0 bridgehead atoms. The van der Waals surface area contributed by atoms with Gasteiger partial charge >= 0.3 is 0 Å². The number of amidine groups is 1. The van der Waals surface area contributed by atoms with E-state index in [2.05, 4.69) is 4.90 Å². The number of nitrogen functional groups attached to an aromatic ring is 1. The minimum Gasteiger partial charge on any atom is -0.395 e. The van der Waals surface area contributed by atoms with E-state index in [1.807, 2.05) is 0 Å². The quantitative estimate of drug-likeness (QED) is 0.556. The number of hydrogen-bond donors (Lipinski definition) is 3. The lowest BCUT2D eigenvalue weighted by Crippen LogP contribution is -2.38. The fourth-order valence-corrected chi connectivity index (χ4v) is 3.12. The summed E-state index contributed by atoms with van der Waals surface area (Å²) < 4.78 is 13.3. The normalized spacial score (nSPS) is 16.3. The average Bonchev–Trinajstić information content (AvgIpc) is 2.49. The predicted molar refractivity (Wildman–Crippen MR) is 81.8 cm³/mol. The summed E-state index contributed by atoms with van der Waals surface area (Å²) in [6, 6.07) is 4.87. The fraction of sp³-hybridized carbons (Fsp3) is 0.562. The number of benzene rings is 1. The van der Waals surface area contributed by atoms with Crippen LogP contribution in [0, 0.1) is 11.2 Å². The number of rotatable bonds is 6. The third-order valence-electron chi connectivity index (χ3n) is 4.21. The first-order valence-electron chi connectivity index (χ1n) is 7.59. The van der Waals surface area contributed by atoms with Gasteiger partial charge in [0, 0.05) is 24.7 Å². The van der Waals surface area contributed by atoms with Gasteiger partial charge in [-0.05, 0) is 30.5 Å². The van der Waals surface area contributed by atoms with Gasteiger partial charge < -0.3 is 10.8 Å². The minimum atomic E-state index is -0.379. The lowest BCUT2D eigenvalue weighted by atomic mass is 9.93. The molecule has 1 aliphatic rings. The maximum Gasteiger partial charge on any atom is 0.123 e. The summed E-state index contributed by atoms with van der Waals surface area (Å²) in [6.07, 6.45) is 5.98. The van der Waals surface area contributed by atoms with Crippen LogP contribution in [-0.2, 0) is 6.54 Å². The summed E-state index contributed by atoms with van der Waals surface area (Å²) in [7, 11) is 0. The first-order valence-corrected chi connectivity index (χ1v) is 7.59. The fourth-order valence-electron chi connectivity index (χ4n) is 3.12. The molecule has 0 amide bonds. The van der Waals surface area contributed by atoms with Gasteiger partial charge in [0.25, 0.3) is 0 Å². The van der Waals surface area contributed by atoms with Crippen LogP contribution in [-0.4, -0.2) is 35.0 Å². The van der Waals surface area contributed by atoms with E-state index in [-0.39, 0.29) is 18.3 Å². The molecule has 0 radical (unpaired) electrons. The van der Waals surface area contributed by atoms with Crippen molar-refractivity contribution in [2.45, 2.75) is 44.7 Å². The standard InChI is InChI=1S/C16H24FN3O/c17-13-7-6-12(15(10-13)16(18)19)11-20(8-9-21)14-4-2-1-3-5-14/h6-7,10,14,21H,1-5,8-9,11H2,(H3,18,19). The highest BCUT2D eigenvalue weighted by Crippen LogP contribution is 2.24. The molecule has 5 heteroatoms.